The number of aromatic hydroxyl groups is 2. The second kappa shape index (κ2) is 12.3. The summed E-state index contributed by atoms with van der Waals surface area (Å²) in [7, 11) is 0. The number of phenolic OH excluding ortho intramolecular Hbond substituents is 2. The first-order chi connectivity index (χ1) is 17.1. The highest BCUT2D eigenvalue weighted by atomic mass is 79.9. The van der Waals surface area contributed by atoms with E-state index in [0.717, 1.165) is 4.47 Å². The summed E-state index contributed by atoms with van der Waals surface area (Å²) in [5, 5.41) is 18.9. The van der Waals surface area contributed by atoms with Crippen LogP contribution in [0.5, 0.6) is 23.0 Å². The van der Waals surface area contributed by atoms with Gasteiger partial charge in [0.15, 0.2) is 23.0 Å². The number of rotatable bonds is 1. The smallest absolute Gasteiger partial charge is 0.292 e. The van der Waals surface area contributed by atoms with Gasteiger partial charge in [-0.1, -0.05) is 41.3 Å². The highest BCUT2D eigenvalue weighted by Gasteiger charge is 2.40. The van der Waals surface area contributed by atoms with Crippen molar-refractivity contribution in [3.05, 3.63) is 103 Å². The number of hydrogen-bond donors (Lipinski definition) is 2. The third kappa shape index (κ3) is 7.05. The number of fused-ring (bicyclic) bond motifs is 1. The quantitative estimate of drug-likeness (QED) is 0.162. The van der Waals surface area contributed by atoms with Gasteiger partial charge in [0.2, 0.25) is 0 Å². The second-order valence-electron chi connectivity index (χ2n) is 7.19. The monoisotopic (exact) mass is 650 g/mol. The Bertz CT molecular complexity index is 1360. The van der Waals surface area contributed by atoms with Crippen molar-refractivity contribution in [1.82, 2.24) is 9.97 Å². The maximum absolute atomic E-state index is 8.91. The van der Waals surface area contributed by atoms with Crippen LogP contribution in [0.2, 0.25) is 10.0 Å². The summed E-state index contributed by atoms with van der Waals surface area (Å²) in [6, 6.07) is 17.3. The van der Waals surface area contributed by atoms with Crippen molar-refractivity contribution in [2.75, 3.05) is 0 Å². The fourth-order valence-corrected chi connectivity index (χ4v) is 3.82. The Labute approximate surface area is 235 Å². The lowest BCUT2D eigenvalue weighted by molar-refractivity contribution is -0.0720. The fraction of sp³-hybridized carbons (Fsp3) is 0.0769. The molecule has 1 aliphatic rings. The Morgan fingerprint density at radius 1 is 0.861 bits per heavy atom. The molecule has 2 aromatic heterocycles. The minimum Gasteiger partial charge on any atom is -0.504 e. The average Bonchev–Trinajstić information content (AvgIpc) is 3.23. The van der Waals surface area contributed by atoms with E-state index in [1.807, 2.05) is 25.1 Å². The maximum atomic E-state index is 8.91. The molecule has 0 bridgehead atoms. The van der Waals surface area contributed by atoms with Crippen LogP contribution in [-0.2, 0) is 5.79 Å². The van der Waals surface area contributed by atoms with Crippen LogP contribution in [-0.4, -0.2) is 20.2 Å². The van der Waals surface area contributed by atoms with Gasteiger partial charge in [-0.3, -0.25) is 4.98 Å². The Balaban J connectivity index is 0.000000169. The van der Waals surface area contributed by atoms with Crippen molar-refractivity contribution in [3.63, 3.8) is 0 Å². The molecule has 0 amide bonds. The van der Waals surface area contributed by atoms with E-state index >= 15 is 0 Å². The van der Waals surface area contributed by atoms with E-state index in [0.29, 0.717) is 37.4 Å². The van der Waals surface area contributed by atoms with Gasteiger partial charge in [0.1, 0.15) is 11.4 Å². The first-order valence-corrected chi connectivity index (χ1v) is 12.5. The average molecular weight is 653 g/mol. The number of ether oxygens (including phenoxy) is 2. The third-order valence-corrected chi connectivity index (χ3v) is 6.28. The number of nitrogens with zero attached hydrogens (tertiary/aromatic N) is 2. The van der Waals surface area contributed by atoms with Crippen molar-refractivity contribution in [3.8, 4) is 35.3 Å². The van der Waals surface area contributed by atoms with Crippen molar-refractivity contribution in [2.24, 2.45) is 0 Å². The predicted molar refractivity (Wildman–Crippen MR) is 147 cm³/mol. The van der Waals surface area contributed by atoms with Gasteiger partial charge in [-0.05, 0) is 80.4 Å². The lowest BCUT2D eigenvalue weighted by atomic mass is 10.2. The summed E-state index contributed by atoms with van der Waals surface area (Å²) in [4.78, 5) is 8.08. The molecule has 4 aromatic rings. The van der Waals surface area contributed by atoms with Gasteiger partial charge in [-0.25, -0.2) is 4.98 Å². The van der Waals surface area contributed by atoms with Crippen molar-refractivity contribution >= 4 is 55.1 Å². The number of pyridine rings is 2. The van der Waals surface area contributed by atoms with Gasteiger partial charge in [0, 0.05) is 19.3 Å². The van der Waals surface area contributed by atoms with E-state index in [1.165, 1.54) is 12.3 Å². The molecule has 3 heterocycles. The summed E-state index contributed by atoms with van der Waals surface area (Å²) >= 11 is 17.8. The predicted octanol–water partition coefficient (Wildman–Crippen LogP) is 7.72. The highest BCUT2D eigenvalue weighted by Crippen LogP contribution is 2.47. The molecule has 2 N–H and O–H groups in total. The summed E-state index contributed by atoms with van der Waals surface area (Å²) in [6.07, 6.45) is 8.15. The SMILES string of the molecule is C#Cc1ccc(Cl)cn1.CC1(c2ccc(Cl)cn2)Oc2cccc(Br)c2O1.Oc1cccc(Br)c1O. The van der Waals surface area contributed by atoms with E-state index < -0.39 is 5.79 Å². The Kier molecular flexibility index (Phi) is 9.46. The zero-order valence-corrected chi connectivity index (χ0v) is 23.3. The van der Waals surface area contributed by atoms with Gasteiger partial charge in [0.25, 0.3) is 5.79 Å². The number of phenols is 2. The molecule has 36 heavy (non-hydrogen) atoms. The normalized spacial score (nSPS) is 15.0. The second-order valence-corrected chi connectivity index (χ2v) is 9.77. The molecule has 0 saturated carbocycles. The zero-order chi connectivity index (χ0) is 26.3. The molecule has 10 heteroatoms. The Morgan fingerprint density at radius 2 is 1.50 bits per heavy atom. The maximum Gasteiger partial charge on any atom is 0.292 e. The summed E-state index contributed by atoms with van der Waals surface area (Å²) in [5.41, 5.74) is 1.29. The molecular formula is C26H18Br2Cl2N2O4. The Morgan fingerprint density at radius 3 is 2.03 bits per heavy atom. The zero-order valence-electron chi connectivity index (χ0n) is 18.6. The van der Waals surface area contributed by atoms with Gasteiger partial charge in [0.05, 0.1) is 19.0 Å². The van der Waals surface area contributed by atoms with Crippen molar-refractivity contribution < 1.29 is 19.7 Å². The molecule has 1 atom stereocenters. The van der Waals surface area contributed by atoms with Gasteiger partial charge in [-0.15, -0.1) is 6.42 Å². The highest BCUT2D eigenvalue weighted by molar-refractivity contribution is 9.10. The summed E-state index contributed by atoms with van der Waals surface area (Å²) in [6.45, 7) is 1.83. The van der Waals surface area contributed by atoms with E-state index in [4.69, 9.17) is 49.3 Å². The number of para-hydroxylation sites is 2. The largest absolute Gasteiger partial charge is 0.504 e. The standard InChI is InChI=1S/C13H9BrClNO2.C7H4ClN.C6H5BrO2/c1-13(11-6-5-8(15)7-16-11)17-10-4-2-3-9(14)12(10)18-13;1-2-7-4-3-6(8)5-9-7;7-4-2-1-3-5(8)6(4)9/h2-7H,1H3;1,3-5H;1-3,8-9H. The van der Waals surface area contributed by atoms with Gasteiger partial charge in [-0.2, -0.15) is 0 Å². The van der Waals surface area contributed by atoms with Crippen molar-refractivity contribution in [1.29, 1.82) is 0 Å². The van der Waals surface area contributed by atoms with Crippen LogP contribution >= 0.6 is 55.1 Å². The molecule has 1 aliphatic heterocycles. The number of terminal acetylenes is 1. The lowest BCUT2D eigenvalue weighted by Crippen LogP contribution is -2.32. The number of benzene rings is 2. The first-order valence-electron chi connectivity index (χ1n) is 10.2. The van der Waals surface area contributed by atoms with Gasteiger partial charge < -0.3 is 19.7 Å². The summed E-state index contributed by atoms with van der Waals surface area (Å²) in [5.74, 6) is 2.63. The van der Waals surface area contributed by atoms with E-state index in [9.17, 15) is 0 Å². The van der Waals surface area contributed by atoms with Crippen LogP contribution in [0.25, 0.3) is 0 Å². The lowest BCUT2D eigenvalue weighted by Gasteiger charge is -2.22. The first kappa shape index (κ1) is 27.6. The van der Waals surface area contributed by atoms with Crippen LogP contribution in [0, 0.1) is 12.3 Å². The molecule has 1 unspecified atom stereocenters. The van der Waals surface area contributed by atoms with E-state index in [-0.39, 0.29) is 11.5 Å². The molecular weight excluding hydrogens is 635 g/mol. The Hall–Kier alpha value is -2.96. The minimum absolute atomic E-state index is 0.107. The van der Waals surface area contributed by atoms with Crippen LogP contribution in [0.4, 0.5) is 0 Å². The molecule has 0 saturated heterocycles. The fourth-order valence-electron chi connectivity index (χ4n) is 2.81. The number of halogens is 4. The van der Waals surface area contributed by atoms with Crippen molar-refractivity contribution in [2.45, 2.75) is 12.7 Å². The number of aromatic nitrogens is 2. The molecule has 0 fully saturated rings. The van der Waals surface area contributed by atoms with E-state index in [2.05, 4.69) is 47.7 Å². The molecule has 0 radical (unpaired) electrons. The van der Waals surface area contributed by atoms with Crippen LogP contribution < -0.4 is 9.47 Å². The van der Waals surface area contributed by atoms with Crippen LogP contribution in [0.1, 0.15) is 18.3 Å². The molecule has 0 aliphatic carbocycles. The molecule has 6 nitrogen and oxygen atoms in total. The molecule has 5 rings (SSSR count). The van der Waals surface area contributed by atoms with Crippen LogP contribution in [0.3, 0.4) is 0 Å². The molecule has 184 valence electrons. The summed E-state index contributed by atoms with van der Waals surface area (Å²) < 4.78 is 13.1. The topological polar surface area (TPSA) is 84.7 Å². The third-order valence-electron chi connectivity index (χ3n) is 4.57. The molecule has 2 aromatic carbocycles. The van der Waals surface area contributed by atoms with E-state index in [1.54, 1.807) is 42.6 Å². The minimum atomic E-state index is -0.920. The molecule has 0 spiro atoms. The van der Waals surface area contributed by atoms with Crippen LogP contribution in [0.15, 0.2) is 82.0 Å². The van der Waals surface area contributed by atoms with Gasteiger partial charge >= 0.3 is 0 Å². The number of hydrogen-bond acceptors (Lipinski definition) is 6.